The lowest BCUT2D eigenvalue weighted by Crippen LogP contribution is -2.12. The highest BCUT2D eigenvalue weighted by molar-refractivity contribution is 5.95. The zero-order valence-electron chi connectivity index (χ0n) is 13.6. The Bertz CT molecular complexity index is 698. The quantitative estimate of drug-likeness (QED) is 0.248. The standard InChI is InChI=1S/C17H21N3O3.ClH/c1-2-3-4-7-12-19-17(18)16-11-10-15(23-16)13-8-5-6-9-14(13)20(21)22;/h5-6,8-11H,2-4,7,12H2,1H3,(H2,18,19);1H. The van der Waals surface area contributed by atoms with Crippen LogP contribution in [0.5, 0.6) is 0 Å². The fraction of sp³-hybridized carbons (Fsp3) is 0.353. The molecule has 0 radical (unpaired) electrons. The summed E-state index contributed by atoms with van der Waals surface area (Å²) in [5.41, 5.74) is 6.35. The predicted octanol–water partition coefficient (Wildman–Crippen LogP) is 4.56. The molecule has 1 heterocycles. The molecule has 0 spiro atoms. The van der Waals surface area contributed by atoms with Gasteiger partial charge in [-0.2, -0.15) is 0 Å². The summed E-state index contributed by atoms with van der Waals surface area (Å²) >= 11 is 0. The van der Waals surface area contributed by atoms with Crippen LogP contribution in [-0.2, 0) is 0 Å². The van der Waals surface area contributed by atoms with Gasteiger partial charge in [0.1, 0.15) is 5.76 Å². The smallest absolute Gasteiger partial charge is 0.280 e. The number of aliphatic imine (C=N–C) groups is 1. The first kappa shape index (κ1) is 19.7. The lowest BCUT2D eigenvalue weighted by molar-refractivity contribution is -0.384. The van der Waals surface area contributed by atoms with Crippen LogP contribution in [0.1, 0.15) is 38.4 Å². The van der Waals surface area contributed by atoms with Crippen molar-refractivity contribution in [2.45, 2.75) is 32.6 Å². The molecule has 0 atom stereocenters. The Labute approximate surface area is 147 Å². The number of para-hydroxylation sites is 1. The number of unbranched alkanes of at least 4 members (excludes halogenated alkanes) is 3. The van der Waals surface area contributed by atoms with Crippen molar-refractivity contribution in [3.63, 3.8) is 0 Å². The van der Waals surface area contributed by atoms with Crippen molar-refractivity contribution in [2.75, 3.05) is 6.54 Å². The Balaban J connectivity index is 0.00000288. The van der Waals surface area contributed by atoms with Gasteiger partial charge in [-0.1, -0.05) is 38.3 Å². The first-order chi connectivity index (χ1) is 11.1. The predicted molar refractivity (Wildman–Crippen MR) is 97.8 cm³/mol. The average Bonchev–Trinajstić information content (AvgIpc) is 3.04. The molecule has 130 valence electrons. The van der Waals surface area contributed by atoms with Gasteiger partial charge in [0.05, 0.1) is 10.5 Å². The van der Waals surface area contributed by atoms with Crippen molar-refractivity contribution in [3.05, 3.63) is 52.3 Å². The van der Waals surface area contributed by atoms with Crippen molar-refractivity contribution in [1.29, 1.82) is 0 Å². The van der Waals surface area contributed by atoms with Crippen LogP contribution in [0, 0.1) is 10.1 Å². The van der Waals surface area contributed by atoms with Gasteiger partial charge in [0.15, 0.2) is 11.6 Å². The molecule has 0 amide bonds. The third kappa shape index (κ3) is 5.09. The Kier molecular flexibility index (Phi) is 7.98. The van der Waals surface area contributed by atoms with Crippen LogP contribution in [0.25, 0.3) is 11.3 Å². The average molecular weight is 352 g/mol. The van der Waals surface area contributed by atoms with Gasteiger partial charge in [0, 0.05) is 12.6 Å². The maximum absolute atomic E-state index is 11.1. The van der Waals surface area contributed by atoms with E-state index in [0.717, 1.165) is 12.8 Å². The van der Waals surface area contributed by atoms with E-state index in [0.29, 0.717) is 29.5 Å². The van der Waals surface area contributed by atoms with Crippen LogP contribution in [0.3, 0.4) is 0 Å². The number of amidine groups is 1. The molecular formula is C17H22ClN3O3. The third-order valence-corrected chi connectivity index (χ3v) is 3.52. The fourth-order valence-electron chi connectivity index (χ4n) is 2.28. The summed E-state index contributed by atoms with van der Waals surface area (Å²) in [5, 5.41) is 11.1. The second-order valence-corrected chi connectivity index (χ2v) is 5.27. The van der Waals surface area contributed by atoms with Crippen LogP contribution >= 0.6 is 12.4 Å². The summed E-state index contributed by atoms with van der Waals surface area (Å²) in [6.45, 7) is 2.82. The number of halogens is 1. The Morgan fingerprint density at radius 3 is 2.67 bits per heavy atom. The van der Waals surface area contributed by atoms with Crippen LogP contribution in [0.2, 0.25) is 0 Å². The zero-order valence-corrected chi connectivity index (χ0v) is 14.4. The van der Waals surface area contributed by atoms with E-state index in [1.54, 1.807) is 30.3 Å². The molecular weight excluding hydrogens is 330 g/mol. The molecule has 2 aromatic rings. The number of nitrogens with zero attached hydrogens (tertiary/aromatic N) is 2. The van der Waals surface area contributed by atoms with Crippen LogP contribution < -0.4 is 5.73 Å². The molecule has 24 heavy (non-hydrogen) atoms. The molecule has 0 saturated heterocycles. The summed E-state index contributed by atoms with van der Waals surface area (Å²) in [6, 6.07) is 9.82. The van der Waals surface area contributed by atoms with Crippen LogP contribution in [-0.4, -0.2) is 17.3 Å². The molecule has 0 aliphatic carbocycles. The number of furan rings is 1. The van der Waals surface area contributed by atoms with Gasteiger partial charge in [-0.15, -0.1) is 12.4 Å². The Morgan fingerprint density at radius 2 is 1.96 bits per heavy atom. The molecule has 1 aromatic carbocycles. The van der Waals surface area contributed by atoms with E-state index in [9.17, 15) is 10.1 Å². The highest BCUT2D eigenvalue weighted by atomic mass is 35.5. The van der Waals surface area contributed by atoms with Gasteiger partial charge in [0.2, 0.25) is 0 Å². The first-order valence-electron chi connectivity index (χ1n) is 7.77. The molecule has 0 fully saturated rings. The van der Waals surface area contributed by atoms with Crippen LogP contribution in [0.15, 0.2) is 45.8 Å². The van der Waals surface area contributed by atoms with Gasteiger partial charge in [-0.25, -0.2) is 0 Å². The van der Waals surface area contributed by atoms with E-state index in [2.05, 4.69) is 11.9 Å². The number of nitro groups is 1. The second-order valence-electron chi connectivity index (χ2n) is 5.27. The molecule has 0 bridgehead atoms. The number of rotatable bonds is 8. The topological polar surface area (TPSA) is 94.7 Å². The van der Waals surface area contributed by atoms with E-state index in [1.165, 1.54) is 18.9 Å². The summed E-state index contributed by atoms with van der Waals surface area (Å²) in [7, 11) is 0. The van der Waals surface area contributed by atoms with Crippen molar-refractivity contribution >= 4 is 23.9 Å². The van der Waals surface area contributed by atoms with Crippen molar-refractivity contribution in [2.24, 2.45) is 10.7 Å². The van der Waals surface area contributed by atoms with E-state index in [4.69, 9.17) is 10.2 Å². The highest BCUT2D eigenvalue weighted by Crippen LogP contribution is 2.30. The molecule has 2 N–H and O–H groups in total. The highest BCUT2D eigenvalue weighted by Gasteiger charge is 2.17. The molecule has 6 nitrogen and oxygen atoms in total. The third-order valence-electron chi connectivity index (χ3n) is 3.52. The normalized spacial score (nSPS) is 11.1. The maximum atomic E-state index is 11.1. The molecule has 0 aliphatic rings. The van der Waals surface area contributed by atoms with Gasteiger partial charge >= 0.3 is 0 Å². The fourth-order valence-corrected chi connectivity index (χ4v) is 2.28. The van der Waals surface area contributed by atoms with Gasteiger partial charge < -0.3 is 10.2 Å². The van der Waals surface area contributed by atoms with Gasteiger partial charge in [-0.05, 0) is 24.6 Å². The Hall–Kier alpha value is -2.34. The van der Waals surface area contributed by atoms with Gasteiger partial charge in [0.25, 0.3) is 5.69 Å². The maximum Gasteiger partial charge on any atom is 0.280 e. The molecule has 0 aliphatic heterocycles. The number of hydrogen-bond donors (Lipinski definition) is 1. The zero-order chi connectivity index (χ0) is 16.7. The van der Waals surface area contributed by atoms with E-state index < -0.39 is 4.92 Å². The summed E-state index contributed by atoms with van der Waals surface area (Å²) in [6.07, 6.45) is 4.49. The van der Waals surface area contributed by atoms with E-state index in [1.807, 2.05) is 0 Å². The number of nitrogens with two attached hydrogens (primary N) is 1. The van der Waals surface area contributed by atoms with Crippen LogP contribution in [0.4, 0.5) is 5.69 Å². The minimum Gasteiger partial charge on any atom is -0.453 e. The number of nitro benzene ring substituents is 1. The molecule has 0 saturated carbocycles. The lowest BCUT2D eigenvalue weighted by atomic mass is 10.1. The second kappa shape index (κ2) is 9.72. The van der Waals surface area contributed by atoms with Crippen molar-refractivity contribution < 1.29 is 9.34 Å². The minimum atomic E-state index is -0.428. The van der Waals surface area contributed by atoms with Crippen molar-refractivity contribution in [3.8, 4) is 11.3 Å². The SMILES string of the molecule is CCCCCCN=C(N)c1ccc(-c2ccccc2[N+](=O)[O-])o1.Cl. The monoisotopic (exact) mass is 351 g/mol. The van der Waals surface area contributed by atoms with Crippen molar-refractivity contribution in [1.82, 2.24) is 0 Å². The summed E-state index contributed by atoms with van der Waals surface area (Å²) < 4.78 is 5.64. The number of benzene rings is 1. The molecule has 2 rings (SSSR count). The first-order valence-corrected chi connectivity index (χ1v) is 7.77. The summed E-state index contributed by atoms with van der Waals surface area (Å²) in [4.78, 5) is 14.9. The number of hydrogen-bond acceptors (Lipinski definition) is 4. The lowest BCUT2D eigenvalue weighted by Gasteiger charge is -2.00. The Morgan fingerprint density at radius 1 is 1.21 bits per heavy atom. The largest absolute Gasteiger partial charge is 0.453 e. The molecule has 0 unspecified atom stereocenters. The van der Waals surface area contributed by atoms with E-state index >= 15 is 0 Å². The van der Waals surface area contributed by atoms with Gasteiger partial charge in [-0.3, -0.25) is 15.1 Å². The summed E-state index contributed by atoms with van der Waals surface area (Å²) in [5.74, 6) is 1.18. The minimum absolute atomic E-state index is 0. The molecule has 7 heteroatoms. The van der Waals surface area contributed by atoms with E-state index in [-0.39, 0.29) is 18.1 Å². The molecule has 1 aromatic heterocycles.